The van der Waals surface area contributed by atoms with Crippen LogP contribution in [0.3, 0.4) is 0 Å². The Morgan fingerprint density at radius 3 is 2.61 bits per heavy atom. The molecule has 0 unspecified atom stereocenters. The maximum Gasteiger partial charge on any atom is 0.331 e. The lowest BCUT2D eigenvalue weighted by Crippen LogP contribution is -2.47. The van der Waals surface area contributed by atoms with E-state index in [1.165, 1.54) is 28.0 Å². The van der Waals surface area contributed by atoms with Crippen molar-refractivity contribution in [1.29, 1.82) is 0 Å². The zero-order valence-electron chi connectivity index (χ0n) is 15.4. The molecule has 2 aromatic heterocycles. The van der Waals surface area contributed by atoms with E-state index < -0.39 is 0 Å². The molecule has 0 fully saturated rings. The molecule has 0 aliphatic carbocycles. The van der Waals surface area contributed by atoms with Crippen molar-refractivity contribution < 1.29 is 4.39 Å². The molecule has 0 spiro atoms. The normalized spacial score (nSPS) is 13.6. The number of thiazole rings is 1. The SMILES string of the molecule is C=C1c2c(C)c(=O)n(Cc3cscn3)c(=O)n2CCN1Cc1ccc(F)cc1. The highest BCUT2D eigenvalue weighted by Crippen LogP contribution is 2.24. The second kappa shape index (κ2) is 7.20. The third-order valence-corrected chi connectivity index (χ3v) is 5.63. The zero-order valence-corrected chi connectivity index (χ0v) is 16.2. The summed E-state index contributed by atoms with van der Waals surface area (Å²) in [4.78, 5) is 32.0. The summed E-state index contributed by atoms with van der Waals surface area (Å²) in [5.41, 5.74) is 4.32. The van der Waals surface area contributed by atoms with Crippen LogP contribution in [0.25, 0.3) is 5.70 Å². The monoisotopic (exact) mass is 398 g/mol. The average Bonchev–Trinajstić information content (AvgIpc) is 3.20. The topological polar surface area (TPSA) is 60.1 Å². The van der Waals surface area contributed by atoms with E-state index >= 15 is 0 Å². The van der Waals surface area contributed by atoms with Gasteiger partial charge in [0.2, 0.25) is 0 Å². The summed E-state index contributed by atoms with van der Waals surface area (Å²) in [6.07, 6.45) is 0. The van der Waals surface area contributed by atoms with Gasteiger partial charge in [-0.15, -0.1) is 11.3 Å². The summed E-state index contributed by atoms with van der Waals surface area (Å²) in [5, 5.41) is 1.83. The van der Waals surface area contributed by atoms with Crippen LogP contribution in [0, 0.1) is 12.7 Å². The first-order valence-corrected chi connectivity index (χ1v) is 9.80. The predicted molar refractivity (Wildman–Crippen MR) is 107 cm³/mol. The molecule has 4 rings (SSSR count). The second-order valence-corrected chi connectivity index (χ2v) is 7.49. The van der Waals surface area contributed by atoms with Crippen LogP contribution in [0.5, 0.6) is 0 Å². The molecular formula is C20H19FN4O2S. The number of benzene rings is 1. The molecule has 28 heavy (non-hydrogen) atoms. The molecule has 6 nitrogen and oxygen atoms in total. The highest BCUT2D eigenvalue weighted by molar-refractivity contribution is 7.07. The van der Waals surface area contributed by atoms with E-state index in [-0.39, 0.29) is 23.6 Å². The van der Waals surface area contributed by atoms with Gasteiger partial charge >= 0.3 is 5.69 Å². The van der Waals surface area contributed by atoms with Crippen LogP contribution in [-0.2, 0) is 19.6 Å². The fourth-order valence-corrected chi connectivity index (χ4v) is 4.07. The van der Waals surface area contributed by atoms with Gasteiger partial charge < -0.3 is 4.90 Å². The van der Waals surface area contributed by atoms with Gasteiger partial charge in [-0.1, -0.05) is 18.7 Å². The first-order valence-electron chi connectivity index (χ1n) is 8.85. The van der Waals surface area contributed by atoms with Gasteiger partial charge in [-0.25, -0.2) is 14.2 Å². The minimum Gasteiger partial charge on any atom is -0.364 e. The Bertz CT molecular complexity index is 1150. The first-order chi connectivity index (χ1) is 13.5. The van der Waals surface area contributed by atoms with Crippen molar-refractivity contribution >= 4 is 17.0 Å². The van der Waals surface area contributed by atoms with Crippen molar-refractivity contribution in [3.8, 4) is 0 Å². The fourth-order valence-electron chi connectivity index (χ4n) is 3.52. The summed E-state index contributed by atoms with van der Waals surface area (Å²) in [7, 11) is 0. The van der Waals surface area contributed by atoms with Crippen molar-refractivity contribution in [3.63, 3.8) is 0 Å². The van der Waals surface area contributed by atoms with Crippen LogP contribution >= 0.6 is 11.3 Å². The van der Waals surface area contributed by atoms with Crippen molar-refractivity contribution in [2.75, 3.05) is 6.54 Å². The number of rotatable bonds is 4. The molecule has 3 aromatic rings. The average molecular weight is 398 g/mol. The highest BCUT2D eigenvalue weighted by Gasteiger charge is 2.26. The molecule has 1 aliphatic heterocycles. The van der Waals surface area contributed by atoms with Gasteiger partial charge in [0.15, 0.2) is 0 Å². The van der Waals surface area contributed by atoms with Crippen LogP contribution < -0.4 is 11.2 Å². The molecule has 0 radical (unpaired) electrons. The number of aromatic nitrogens is 3. The van der Waals surface area contributed by atoms with Gasteiger partial charge in [0.25, 0.3) is 5.56 Å². The Labute approximate surface area is 164 Å². The molecule has 0 atom stereocenters. The predicted octanol–water partition coefficient (Wildman–Crippen LogP) is 2.45. The third kappa shape index (κ3) is 3.20. The Hall–Kier alpha value is -3.00. The Balaban J connectivity index is 1.70. The summed E-state index contributed by atoms with van der Waals surface area (Å²) in [6, 6.07) is 6.29. The number of halogens is 1. The molecule has 0 N–H and O–H groups in total. The lowest BCUT2D eigenvalue weighted by molar-refractivity contribution is 0.332. The molecule has 0 saturated carbocycles. The third-order valence-electron chi connectivity index (χ3n) is 4.99. The standard InChI is InChI=1S/C20H19FN4O2S/c1-13-18-14(2)23(9-15-3-5-16(21)6-4-15)7-8-24(18)20(27)25(19(13)26)10-17-11-28-12-22-17/h3-6,11-12H,2,7-10H2,1H3. The molecule has 0 saturated heterocycles. The molecule has 144 valence electrons. The zero-order chi connectivity index (χ0) is 19.8. The van der Waals surface area contributed by atoms with E-state index in [2.05, 4.69) is 11.6 Å². The van der Waals surface area contributed by atoms with Crippen LogP contribution in [-0.4, -0.2) is 25.6 Å². The van der Waals surface area contributed by atoms with Crippen molar-refractivity contribution in [2.45, 2.75) is 26.6 Å². The largest absolute Gasteiger partial charge is 0.364 e. The van der Waals surface area contributed by atoms with E-state index in [4.69, 9.17) is 0 Å². The van der Waals surface area contributed by atoms with Gasteiger partial charge in [-0.2, -0.15) is 0 Å². The molecule has 0 bridgehead atoms. The fraction of sp³-hybridized carbons (Fsp3) is 0.250. The maximum absolute atomic E-state index is 13.1. The summed E-state index contributed by atoms with van der Waals surface area (Å²) < 4.78 is 16.0. The van der Waals surface area contributed by atoms with E-state index in [0.29, 0.717) is 42.3 Å². The summed E-state index contributed by atoms with van der Waals surface area (Å²) in [5.74, 6) is -0.283. The molecule has 8 heteroatoms. The Morgan fingerprint density at radius 2 is 1.93 bits per heavy atom. The second-order valence-electron chi connectivity index (χ2n) is 6.77. The summed E-state index contributed by atoms with van der Waals surface area (Å²) in [6.45, 7) is 7.58. The number of hydrogen-bond acceptors (Lipinski definition) is 5. The number of fused-ring (bicyclic) bond motifs is 1. The molecule has 3 heterocycles. The maximum atomic E-state index is 13.1. The lowest BCUT2D eigenvalue weighted by atomic mass is 10.1. The van der Waals surface area contributed by atoms with Gasteiger partial charge in [-0.3, -0.25) is 13.9 Å². The van der Waals surface area contributed by atoms with E-state index in [1.54, 1.807) is 29.1 Å². The highest BCUT2D eigenvalue weighted by atomic mass is 32.1. The molecule has 0 amide bonds. The summed E-state index contributed by atoms with van der Waals surface area (Å²) >= 11 is 1.43. The Kier molecular flexibility index (Phi) is 4.72. The molecule has 1 aromatic carbocycles. The first kappa shape index (κ1) is 18.4. The van der Waals surface area contributed by atoms with Gasteiger partial charge in [0, 0.05) is 30.6 Å². The van der Waals surface area contributed by atoms with Crippen molar-refractivity contribution in [2.24, 2.45) is 0 Å². The quantitative estimate of drug-likeness (QED) is 0.677. The Morgan fingerprint density at radius 1 is 1.18 bits per heavy atom. The molecule has 1 aliphatic rings. The van der Waals surface area contributed by atoms with Gasteiger partial charge in [0.05, 0.1) is 29.1 Å². The minimum atomic E-state index is -0.346. The van der Waals surface area contributed by atoms with Gasteiger partial charge in [-0.05, 0) is 24.6 Å². The van der Waals surface area contributed by atoms with E-state index in [1.807, 2.05) is 10.3 Å². The van der Waals surface area contributed by atoms with Crippen LogP contribution in [0.15, 0.2) is 51.3 Å². The molecular weight excluding hydrogens is 379 g/mol. The van der Waals surface area contributed by atoms with Crippen molar-refractivity contribution in [3.05, 3.63) is 90.9 Å². The smallest absolute Gasteiger partial charge is 0.331 e. The van der Waals surface area contributed by atoms with Crippen molar-refractivity contribution in [1.82, 2.24) is 19.0 Å². The van der Waals surface area contributed by atoms with Crippen LogP contribution in [0.2, 0.25) is 0 Å². The lowest BCUT2D eigenvalue weighted by Gasteiger charge is -2.34. The van der Waals surface area contributed by atoms with Crippen LogP contribution in [0.4, 0.5) is 4.39 Å². The van der Waals surface area contributed by atoms with Gasteiger partial charge in [0.1, 0.15) is 5.82 Å². The number of hydrogen-bond donors (Lipinski definition) is 0. The van der Waals surface area contributed by atoms with E-state index in [9.17, 15) is 14.0 Å². The van der Waals surface area contributed by atoms with Crippen LogP contribution in [0.1, 0.15) is 22.5 Å². The van der Waals surface area contributed by atoms with E-state index in [0.717, 1.165) is 5.56 Å². The number of nitrogens with zero attached hydrogens (tertiary/aromatic N) is 4. The minimum absolute atomic E-state index is 0.161.